The predicted octanol–water partition coefficient (Wildman–Crippen LogP) is 4.46. The quantitative estimate of drug-likeness (QED) is 0.540. The largest absolute Gasteiger partial charge is 0.493 e. The number of hydrogen-bond donors (Lipinski definition) is 1. The Kier molecular flexibility index (Phi) is 6.97. The van der Waals surface area contributed by atoms with E-state index >= 15 is 0 Å². The Bertz CT molecular complexity index is 912. The molecule has 0 aliphatic heterocycles. The zero-order chi connectivity index (χ0) is 19.8. The number of hydrogen-bond acceptors (Lipinski definition) is 6. The van der Waals surface area contributed by atoms with Crippen LogP contribution >= 0.6 is 11.5 Å². The van der Waals surface area contributed by atoms with Crippen LogP contribution in [0.2, 0.25) is 0 Å². The van der Waals surface area contributed by atoms with Gasteiger partial charge in [-0.2, -0.15) is 9.36 Å². The summed E-state index contributed by atoms with van der Waals surface area (Å²) in [5.41, 5.74) is 1.67. The van der Waals surface area contributed by atoms with Gasteiger partial charge in [0.25, 0.3) is 11.1 Å². The molecule has 3 rings (SSSR count). The first-order valence-corrected chi connectivity index (χ1v) is 9.97. The van der Waals surface area contributed by atoms with Crippen molar-refractivity contribution in [3.63, 3.8) is 0 Å². The third-order valence-electron chi connectivity index (χ3n) is 4.09. The Balaban J connectivity index is 1.68. The zero-order valence-electron chi connectivity index (χ0n) is 16.0. The van der Waals surface area contributed by atoms with Crippen molar-refractivity contribution in [2.24, 2.45) is 0 Å². The number of aromatic nitrogens is 2. The average Bonchev–Trinajstić information content (AvgIpc) is 3.16. The second kappa shape index (κ2) is 9.85. The van der Waals surface area contributed by atoms with E-state index < -0.39 is 0 Å². The molecule has 0 spiro atoms. The van der Waals surface area contributed by atoms with Crippen molar-refractivity contribution in [2.75, 3.05) is 13.7 Å². The van der Waals surface area contributed by atoms with Crippen molar-refractivity contribution in [3.8, 4) is 16.7 Å². The van der Waals surface area contributed by atoms with Crippen LogP contribution in [0.15, 0.2) is 48.5 Å². The lowest BCUT2D eigenvalue weighted by atomic mass is 10.1. The van der Waals surface area contributed by atoms with Crippen molar-refractivity contribution in [3.05, 3.63) is 65.5 Å². The molecule has 0 fully saturated rings. The van der Waals surface area contributed by atoms with Gasteiger partial charge < -0.3 is 14.8 Å². The van der Waals surface area contributed by atoms with Crippen molar-refractivity contribution in [2.45, 2.75) is 26.2 Å². The van der Waals surface area contributed by atoms with Crippen LogP contribution in [0.3, 0.4) is 0 Å². The number of methoxy groups -OCH3 is 1. The van der Waals surface area contributed by atoms with Crippen LogP contribution in [-0.4, -0.2) is 28.9 Å². The summed E-state index contributed by atoms with van der Waals surface area (Å²) >= 11 is 1.19. The van der Waals surface area contributed by atoms with Gasteiger partial charge in [0.15, 0.2) is 17.3 Å². The van der Waals surface area contributed by atoms with Crippen LogP contribution in [0.5, 0.6) is 16.7 Å². The van der Waals surface area contributed by atoms with Crippen LogP contribution in [-0.2, 0) is 6.42 Å². The Morgan fingerprint density at radius 3 is 2.71 bits per heavy atom. The highest BCUT2D eigenvalue weighted by Gasteiger charge is 2.14. The normalized spacial score (nSPS) is 10.5. The molecule has 0 atom stereocenters. The summed E-state index contributed by atoms with van der Waals surface area (Å²) in [5.74, 6) is 1.55. The van der Waals surface area contributed by atoms with Crippen LogP contribution in [0, 0.1) is 0 Å². The number of benzene rings is 2. The van der Waals surface area contributed by atoms with Crippen LogP contribution in [0.1, 0.15) is 41.5 Å². The van der Waals surface area contributed by atoms with Gasteiger partial charge in [0, 0.05) is 30.1 Å². The Labute approximate surface area is 168 Å². The first kappa shape index (κ1) is 19.8. The molecule has 1 heterocycles. The first-order valence-electron chi connectivity index (χ1n) is 9.20. The van der Waals surface area contributed by atoms with Gasteiger partial charge in [-0.05, 0) is 30.2 Å². The molecule has 3 aromatic rings. The molecule has 7 heteroatoms. The van der Waals surface area contributed by atoms with Crippen molar-refractivity contribution in [1.82, 2.24) is 14.7 Å². The van der Waals surface area contributed by atoms with E-state index in [4.69, 9.17) is 9.47 Å². The number of carbonyl (C=O) groups is 1. The van der Waals surface area contributed by atoms with E-state index in [0.29, 0.717) is 41.0 Å². The summed E-state index contributed by atoms with van der Waals surface area (Å²) < 4.78 is 15.6. The highest BCUT2D eigenvalue weighted by atomic mass is 32.1. The monoisotopic (exact) mass is 397 g/mol. The summed E-state index contributed by atoms with van der Waals surface area (Å²) in [6, 6.07) is 15.1. The third-order valence-corrected chi connectivity index (χ3v) is 4.73. The number of ether oxygens (including phenoxy) is 2. The first-order chi connectivity index (χ1) is 13.7. The summed E-state index contributed by atoms with van der Waals surface area (Å²) in [6.07, 6.45) is 2.63. The van der Waals surface area contributed by atoms with Gasteiger partial charge >= 0.3 is 0 Å². The van der Waals surface area contributed by atoms with Crippen molar-refractivity contribution < 1.29 is 14.3 Å². The van der Waals surface area contributed by atoms with Gasteiger partial charge in [0.05, 0.1) is 7.11 Å². The molecule has 28 heavy (non-hydrogen) atoms. The molecule has 0 saturated heterocycles. The maximum atomic E-state index is 12.2. The topological polar surface area (TPSA) is 73.3 Å². The lowest BCUT2D eigenvalue weighted by Crippen LogP contribution is -2.24. The average molecular weight is 398 g/mol. The SMILES string of the molecule is CCCCNC(=O)c1ccc(Oc2nc(Cc3ccccc3)ns2)c(OC)c1. The molecule has 146 valence electrons. The maximum absolute atomic E-state index is 12.2. The molecule has 0 aliphatic carbocycles. The highest BCUT2D eigenvalue weighted by Crippen LogP contribution is 2.33. The molecule has 0 radical (unpaired) electrons. The molecule has 0 unspecified atom stereocenters. The van der Waals surface area contributed by atoms with Crippen LogP contribution < -0.4 is 14.8 Å². The van der Waals surface area contributed by atoms with E-state index in [1.165, 1.54) is 11.5 Å². The summed E-state index contributed by atoms with van der Waals surface area (Å²) in [5, 5.41) is 3.33. The molecule has 0 aliphatic rings. The Morgan fingerprint density at radius 2 is 1.96 bits per heavy atom. The van der Waals surface area contributed by atoms with Gasteiger partial charge in [0.2, 0.25) is 0 Å². The summed E-state index contributed by atoms with van der Waals surface area (Å²) in [4.78, 5) is 16.6. The smallest absolute Gasteiger partial charge is 0.298 e. The van der Waals surface area contributed by atoms with Crippen LogP contribution in [0.4, 0.5) is 0 Å². The molecule has 1 amide bonds. The number of amides is 1. The van der Waals surface area contributed by atoms with E-state index in [9.17, 15) is 4.79 Å². The number of carbonyl (C=O) groups excluding carboxylic acids is 1. The van der Waals surface area contributed by atoms with Crippen molar-refractivity contribution in [1.29, 1.82) is 0 Å². The van der Waals surface area contributed by atoms with Gasteiger partial charge in [-0.25, -0.2) is 0 Å². The van der Waals surface area contributed by atoms with Crippen LogP contribution in [0.25, 0.3) is 0 Å². The maximum Gasteiger partial charge on any atom is 0.298 e. The number of nitrogens with zero attached hydrogens (tertiary/aromatic N) is 2. The minimum Gasteiger partial charge on any atom is -0.493 e. The van der Waals surface area contributed by atoms with Gasteiger partial charge in [-0.3, -0.25) is 4.79 Å². The zero-order valence-corrected chi connectivity index (χ0v) is 16.8. The molecular weight excluding hydrogens is 374 g/mol. The fraction of sp³-hybridized carbons (Fsp3) is 0.286. The van der Waals surface area contributed by atoms with E-state index in [-0.39, 0.29) is 5.91 Å². The number of unbranched alkanes of at least 4 members (excludes halogenated alkanes) is 1. The van der Waals surface area contributed by atoms with Gasteiger partial charge in [-0.1, -0.05) is 43.7 Å². The molecule has 1 aromatic heterocycles. The minimum atomic E-state index is -0.126. The third kappa shape index (κ3) is 5.29. The van der Waals surface area contributed by atoms with E-state index in [2.05, 4.69) is 21.6 Å². The summed E-state index contributed by atoms with van der Waals surface area (Å²) in [6.45, 7) is 2.74. The fourth-order valence-electron chi connectivity index (χ4n) is 2.60. The second-order valence-corrected chi connectivity index (χ2v) is 6.93. The molecule has 0 saturated carbocycles. The molecule has 0 bridgehead atoms. The Hall–Kier alpha value is -2.93. The summed E-state index contributed by atoms with van der Waals surface area (Å²) in [7, 11) is 1.54. The molecule has 6 nitrogen and oxygen atoms in total. The minimum absolute atomic E-state index is 0.126. The Morgan fingerprint density at radius 1 is 1.14 bits per heavy atom. The lowest BCUT2D eigenvalue weighted by molar-refractivity contribution is 0.0953. The van der Waals surface area contributed by atoms with Crippen molar-refractivity contribution >= 4 is 17.4 Å². The fourth-order valence-corrected chi connectivity index (χ4v) is 3.16. The lowest BCUT2D eigenvalue weighted by Gasteiger charge is -2.10. The molecular formula is C21H23N3O3S. The second-order valence-electron chi connectivity index (χ2n) is 6.22. The number of nitrogens with one attached hydrogen (secondary N) is 1. The van der Waals surface area contributed by atoms with E-state index in [1.54, 1.807) is 25.3 Å². The van der Waals surface area contributed by atoms with E-state index in [0.717, 1.165) is 18.4 Å². The van der Waals surface area contributed by atoms with Gasteiger partial charge in [0.1, 0.15) is 0 Å². The van der Waals surface area contributed by atoms with E-state index in [1.807, 2.05) is 30.3 Å². The predicted molar refractivity (Wildman–Crippen MR) is 109 cm³/mol. The standard InChI is InChI=1S/C21H23N3O3S/c1-3-4-12-22-20(25)16-10-11-17(18(14-16)26-2)27-21-23-19(24-28-21)13-15-8-6-5-7-9-15/h5-11,14H,3-4,12-13H2,1-2H3,(H,22,25). The highest BCUT2D eigenvalue weighted by molar-refractivity contribution is 7.07. The molecule has 1 N–H and O–H groups in total. The van der Waals surface area contributed by atoms with Gasteiger partial charge in [-0.15, -0.1) is 0 Å². The number of rotatable bonds is 9. The molecule has 2 aromatic carbocycles.